The highest BCUT2D eigenvalue weighted by molar-refractivity contribution is 5.61. The summed E-state index contributed by atoms with van der Waals surface area (Å²) >= 11 is 0. The van der Waals surface area contributed by atoms with Gasteiger partial charge in [-0.25, -0.2) is 4.79 Å². The molecule has 0 saturated carbocycles. The normalized spacial score (nSPS) is 20.8. The zero-order valence-corrected chi connectivity index (χ0v) is 11.6. The third-order valence-electron chi connectivity index (χ3n) is 3.13. The number of hydrogen-bond acceptors (Lipinski definition) is 3. The Hall–Kier alpha value is -1.64. The molecule has 154 valence electrons. The van der Waals surface area contributed by atoms with Gasteiger partial charge in [-0.1, -0.05) is 0 Å². The quantitative estimate of drug-likeness (QED) is 0.464. The molecule has 0 radical (unpaired) electrons. The van der Waals surface area contributed by atoms with Crippen molar-refractivity contribution >= 4 is 6.16 Å². The third-order valence-corrected chi connectivity index (χ3v) is 3.13. The number of carbonyl (C=O) groups excluding carboxylic acids is 1. The molecule has 0 bridgehead atoms. The lowest BCUT2D eigenvalue weighted by Crippen LogP contribution is -2.70. The summed E-state index contributed by atoms with van der Waals surface area (Å²) in [5.74, 6) is -37.3. The minimum absolute atomic E-state index is 1.20. The maximum absolute atomic E-state index is 13.4. The summed E-state index contributed by atoms with van der Waals surface area (Å²) < 4.78 is 174. The van der Waals surface area contributed by atoms with Crippen LogP contribution >= 0.6 is 0 Å². The molecule has 0 aliphatic carbocycles. The summed E-state index contributed by atoms with van der Waals surface area (Å²) in [5.41, 5.74) is 0. The first kappa shape index (κ1) is 22.4. The summed E-state index contributed by atoms with van der Waals surface area (Å²) in [6, 6.07) is 0. The van der Waals surface area contributed by atoms with Crippen LogP contribution in [-0.4, -0.2) is 54.7 Å². The van der Waals surface area contributed by atoms with Gasteiger partial charge < -0.3 is 9.47 Å². The van der Waals surface area contributed by atoms with Crippen LogP contribution in [0.5, 0.6) is 0 Å². The molecule has 1 saturated heterocycles. The van der Waals surface area contributed by atoms with Crippen LogP contribution in [0.15, 0.2) is 0 Å². The van der Waals surface area contributed by atoms with E-state index in [1.165, 1.54) is 0 Å². The van der Waals surface area contributed by atoms with Gasteiger partial charge in [0.2, 0.25) is 0 Å². The first-order chi connectivity index (χ1) is 11.2. The summed E-state index contributed by atoms with van der Waals surface area (Å²) in [6.07, 6.45) is -14.2. The molecule has 0 spiro atoms. The Balaban J connectivity index is 3.27. The Morgan fingerprint density at radius 1 is 0.731 bits per heavy atom. The van der Waals surface area contributed by atoms with Crippen molar-refractivity contribution in [2.75, 3.05) is 6.61 Å². The topological polar surface area (TPSA) is 35.5 Å². The van der Waals surface area contributed by atoms with Gasteiger partial charge in [-0.05, 0) is 0 Å². The van der Waals surface area contributed by atoms with E-state index in [2.05, 4.69) is 9.47 Å². The number of carbonyl (C=O) groups is 1. The lowest BCUT2D eigenvalue weighted by molar-refractivity contribution is -0.440. The number of halogens is 13. The zero-order valence-electron chi connectivity index (χ0n) is 11.6. The highest BCUT2D eigenvalue weighted by Crippen LogP contribution is 2.60. The second-order valence-electron chi connectivity index (χ2n) is 5.00. The van der Waals surface area contributed by atoms with Crippen LogP contribution in [0.4, 0.5) is 61.9 Å². The molecule has 0 amide bonds. The Kier molecular flexibility index (Phi) is 5.11. The van der Waals surface area contributed by atoms with Crippen LogP contribution in [0, 0.1) is 0 Å². The van der Waals surface area contributed by atoms with Gasteiger partial charge in [-0.2, -0.15) is 57.1 Å². The van der Waals surface area contributed by atoms with Crippen molar-refractivity contribution < 1.29 is 71.3 Å². The van der Waals surface area contributed by atoms with Gasteiger partial charge in [0.1, 0.15) is 12.7 Å². The number of alkyl halides is 13. The van der Waals surface area contributed by atoms with E-state index in [0.717, 1.165) is 0 Å². The number of hydrogen-bond donors (Lipinski definition) is 0. The largest absolute Gasteiger partial charge is 0.508 e. The molecule has 1 aliphatic rings. The molecule has 1 heterocycles. The van der Waals surface area contributed by atoms with Crippen LogP contribution in [0.2, 0.25) is 0 Å². The van der Waals surface area contributed by atoms with Crippen molar-refractivity contribution in [1.82, 2.24) is 0 Å². The minimum atomic E-state index is -7.95. The zero-order chi connectivity index (χ0) is 21.0. The molecular weight excluding hydrogens is 415 g/mol. The molecule has 0 N–H and O–H groups in total. The van der Waals surface area contributed by atoms with Crippen molar-refractivity contribution in [3.05, 3.63) is 0 Å². The Labute approximate surface area is 134 Å². The lowest BCUT2D eigenvalue weighted by atomic mass is 9.91. The summed E-state index contributed by atoms with van der Waals surface area (Å²) in [6.45, 7) is -1.20. The highest BCUT2D eigenvalue weighted by Gasteiger charge is 2.90. The average Bonchev–Trinajstić information content (AvgIpc) is 2.81. The fourth-order valence-electron chi connectivity index (χ4n) is 1.68. The number of rotatable bonds is 6. The van der Waals surface area contributed by atoms with Crippen molar-refractivity contribution in [1.29, 1.82) is 0 Å². The van der Waals surface area contributed by atoms with Crippen molar-refractivity contribution in [3.8, 4) is 0 Å². The standard InChI is InChI=1S/C10H5F13O3/c11-5(12,1-3-2-25-4(24)26-3)6(13,14)7(15,16)8(17,18)9(19,20)10(21,22)23/h3H,1-2H2. The Morgan fingerprint density at radius 3 is 1.50 bits per heavy atom. The van der Waals surface area contributed by atoms with E-state index < -0.39 is 61.1 Å². The predicted molar refractivity (Wildman–Crippen MR) is 51.6 cm³/mol. The molecule has 16 heteroatoms. The summed E-state index contributed by atoms with van der Waals surface area (Å²) in [7, 11) is 0. The first-order valence-corrected chi connectivity index (χ1v) is 6.01. The van der Waals surface area contributed by atoms with Gasteiger partial charge in [0, 0.05) is 0 Å². The van der Waals surface area contributed by atoms with E-state index in [1.807, 2.05) is 0 Å². The SMILES string of the molecule is O=C1OCC(CC(F)(F)C(F)(F)C(F)(F)C(F)(F)C(F)(F)C(F)(F)F)O1. The molecule has 1 rings (SSSR count). The van der Waals surface area contributed by atoms with Crippen LogP contribution < -0.4 is 0 Å². The summed E-state index contributed by atoms with van der Waals surface area (Å²) in [4.78, 5) is 10.4. The molecule has 0 aromatic rings. The Morgan fingerprint density at radius 2 is 1.15 bits per heavy atom. The Bertz CT molecular complexity index is 553. The van der Waals surface area contributed by atoms with E-state index >= 15 is 0 Å². The second kappa shape index (κ2) is 5.94. The maximum atomic E-state index is 13.4. The monoisotopic (exact) mass is 420 g/mol. The van der Waals surface area contributed by atoms with Crippen molar-refractivity contribution in [2.45, 2.75) is 48.3 Å². The molecule has 0 aromatic heterocycles. The average molecular weight is 420 g/mol. The number of ether oxygens (including phenoxy) is 2. The molecule has 1 unspecified atom stereocenters. The fourth-order valence-corrected chi connectivity index (χ4v) is 1.68. The molecule has 1 atom stereocenters. The predicted octanol–water partition coefficient (Wildman–Crippen LogP) is 4.65. The van der Waals surface area contributed by atoms with Gasteiger partial charge in [0.25, 0.3) is 0 Å². The van der Waals surface area contributed by atoms with Crippen molar-refractivity contribution in [3.63, 3.8) is 0 Å². The highest BCUT2D eigenvalue weighted by atomic mass is 19.4. The minimum Gasteiger partial charge on any atom is -0.430 e. The van der Waals surface area contributed by atoms with Gasteiger partial charge >= 0.3 is 41.9 Å². The van der Waals surface area contributed by atoms with Gasteiger partial charge in [-0.3, -0.25) is 0 Å². The molecule has 1 aliphatic heterocycles. The third kappa shape index (κ3) is 3.10. The molecule has 26 heavy (non-hydrogen) atoms. The summed E-state index contributed by atoms with van der Waals surface area (Å²) in [5, 5.41) is 0. The van der Waals surface area contributed by atoms with Gasteiger partial charge in [0.15, 0.2) is 0 Å². The molecule has 1 fully saturated rings. The lowest BCUT2D eigenvalue weighted by Gasteiger charge is -2.40. The van der Waals surface area contributed by atoms with E-state index in [-0.39, 0.29) is 0 Å². The van der Waals surface area contributed by atoms with E-state index in [0.29, 0.717) is 0 Å². The van der Waals surface area contributed by atoms with Crippen molar-refractivity contribution in [2.24, 2.45) is 0 Å². The maximum Gasteiger partial charge on any atom is 0.508 e. The first-order valence-electron chi connectivity index (χ1n) is 6.01. The van der Waals surface area contributed by atoms with E-state index in [9.17, 15) is 61.9 Å². The van der Waals surface area contributed by atoms with Gasteiger partial charge in [-0.15, -0.1) is 0 Å². The van der Waals surface area contributed by atoms with Crippen LogP contribution in [0.1, 0.15) is 6.42 Å². The van der Waals surface area contributed by atoms with Crippen LogP contribution in [-0.2, 0) is 9.47 Å². The van der Waals surface area contributed by atoms with E-state index in [1.54, 1.807) is 0 Å². The van der Waals surface area contributed by atoms with Gasteiger partial charge in [0.05, 0.1) is 6.42 Å². The van der Waals surface area contributed by atoms with Crippen LogP contribution in [0.3, 0.4) is 0 Å². The number of cyclic esters (lactones) is 2. The fraction of sp³-hybridized carbons (Fsp3) is 0.900. The second-order valence-corrected chi connectivity index (χ2v) is 5.00. The molecule has 0 aromatic carbocycles. The van der Waals surface area contributed by atoms with Crippen LogP contribution in [0.25, 0.3) is 0 Å². The van der Waals surface area contributed by atoms with E-state index in [4.69, 9.17) is 0 Å². The molecule has 3 nitrogen and oxygen atoms in total. The smallest absolute Gasteiger partial charge is 0.430 e. The molecular formula is C10H5F13O3.